The number of hydrogen-bond acceptors (Lipinski definition) is 3. The van der Waals surface area contributed by atoms with Gasteiger partial charge in [0.05, 0.1) is 5.69 Å². The van der Waals surface area contributed by atoms with Gasteiger partial charge in [-0.1, -0.05) is 13.8 Å². The summed E-state index contributed by atoms with van der Waals surface area (Å²) in [6.45, 7) is 6.60. The molecule has 0 saturated carbocycles. The van der Waals surface area contributed by atoms with Crippen LogP contribution in [-0.2, 0) is 6.54 Å². The number of rotatable bonds is 8. The average molecular weight is 295 g/mol. The second-order valence-electron chi connectivity index (χ2n) is 5.78. The Morgan fingerprint density at radius 1 is 1.35 bits per heavy atom. The Hall–Kier alpha value is -0.480. The van der Waals surface area contributed by atoms with Gasteiger partial charge in [-0.25, -0.2) is 0 Å². The van der Waals surface area contributed by atoms with Crippen LogP contribution in [-0.4, -0.2) is 27.8 Å². The van der Waals surface area contributed by atoms with Gasteiger partial charge >= 0.3 is 0 Å². The zero-order valence-corrected chi connectivity index (χ0v) is 13.8. The Bertz CT molecular complexity index is 372. The van der Waals surface area contributed by atoms with Gasteiger partial charge in [0.15, 0.2) is 0 Å². The maximum absolute atomic E-state index is 4.50. The number of aryl methyl sites for hydroxylation is 1. The van der Waals surface area contributed by atoms with Gasteiger partial charge < -0.3 is 5.32 Å². The lowest BCUT2D eigenvalue weighted by molar-refractivity contribution is 0.353. The summed E-state index contributed by atoms with van der Waals surface area (Å²) in [5, 5.41) is 8.25. The summed E-state index contributed by atoms with van der Waals surface area (Å²) in [6, 6.07) is 2.69. The van der Waals surface area contributed by atoms with Gasteiger partial charge in [0.2, 0.25) is 0 Å². The summed E-state index contributed by atoms with van der Waals surface area (Å²) in [7, 11) is 0. The first-order chi connectivity index (χ1) is 9.85. The third-order valence-corrected chi connectivity index (χ3v) is 5.14. The predicted molar refractivity (Wildman–Crippen MR) is 88.2 cm³/mol. The van der Waals surface area contributed by atoms with Crippen LogP contribution < -0.4 is 5.32 Å². The smallest absolute Gasteiger partial charge is 0.0553 e. The molecule has 0 amide bonds. The van der Waals surface area contributed by atoms with E-state index in [1.165, 1.54) is 42.9 Å². The maximum atomic E-state index is 4.50. The number of hydrogen-bond donors (Lipinski definition) is 1. The molecule has 1 saturated heterocycles. The predicted octanol–water partition coefficient (Wildman–Crippen LogP) is 3.87. The number of aromatic nitrogens is 2. The second kappa shape index (κ2) is 8.73. The van der Waals surface area contributed by atoms with E-state index in [1.54, 1.807) is 0 Å². The number of nitrogens with one attached hydrogen (secondary N) is 1. The van der Waals surface area contributed by atoms with E-state index >= 15 is 0 Å². The fourth-order valence-electron chi connectivity index (χ4n) is 2.98. The van der Waals surface area contributed by atoms with Gasteiger partial charge in [0.25, 0.3) is 0 Å². The molecule has 1 aromatic heterocycles. The van der Waals surface area contributed by atoms with Crippen molar-refractivity contribution in [2.75, 3.05) is 18.1 Å². The molecule has 1 aliphatic rings. The van der Waals surface area contributed by atoms with Crippen molar-refractivity contribution in [3.05, 3.63) is 18.0 Å². The van der Waals surface area contributed by atoms with Crippen LogP contribution in [0.15, 0.2) is 12.3 Å². The highest BCUT2D eigenvalue weighted by molar-refractivity contribution is 7.99. The van der Waals surface area contributed by atoms with Crippen LogP contribution in [0.5, 0.6) is 0 Å². The normalized spacial score (nSPS) is 18.3. The Morgan fingerprint density at radius 2 is 2.15 bits per heavy atom. The van der Waals surface area contributed by atoms with Gasteiger partial charge in [0.1, 0.15) is 0 Å². The first-order valence-electron chi connectivity index (χ1n) is 8.18. The molecule has 0 radical (unpaired) electrons. The molecule has 0 aliphatic carbocycles. The molecule has 1 aliphatic heterocycles. The average Bonchev–Trinajstić information content (AvgIpc) is 2.93. The first-order valence-corrected chi connectivity index (χ1v) is 9.33. The number of thioether (sulfide) groups is 1. The molecular weight excluding hydrogens is 266 g/mol. The van der Waals surface area contributed by atoms with Crippen molar-refractivity contribution in [2.45, 2.75) is 58.5 Å². The standard InChI is InChI=1S/C16H29N3S/c1-3-8-17-15(13-14-6-11-20-12-7-14)16-5-9-18-19(16)10-4-2/h5,9,14-15,17H,3-4,6-8,10-13H2,1-2H3. The zero-order chi connectivity index (χ0) is 14.2. The molecule has 20 heavy (non-hydrogen) atoms. The summed E-state index contributed by atoms with van der Waals surface area (Å²) in [4.78, 5) is 0. The lowest BCUT2D eigenvalue weighted by Crippen LogP contribution is -2.28. The van der Waals surface area contributed by atoms with E-state index in [-0.39, 0.29) is 0 Å². The molecule has 1 unspecified atom stereocenters. The minimum absolute atomic E-state index is 0.483. The summed E-state index contributed by atoms with van der Waals surface area (Å²) in [6.07, 6.45) is 8.35. The van der Waals surface area contributed by atoms with Crippen molar-refractivity contribution in [3.8, 4) is 0 Å². The fourth-order valence-corrected chi connectivity index (χ4v) is 4.18. The van der Waals surface area contributed by atoms with Gasteiger partial charge in [-0.2, -0.15) is 16.9 Å². The largest absolute Gasteiger partial charge is 0.309 e. The van der Waals surface area contributed by atoms with Crippen LogP contribution in [0.4, 0.5) is 0 Å². The molecule has 0 bridgehead atoms. The molecular formula is C16H29N3S. The van der Waals surface area contributed by atoms with E-state index in [0.29, 0.717) is 6.04 Å². The Labute approximate surface area is 127 Å². The van der Waals surface area contributed by atoms with E-state index in [9.17, 15) is 0 Å². The molecule has 3 nitrogen and oxygen atoms in total. The molecule has 0 spiro atoms. The minimum Gasteiger partial charge on any atom is -0.309 e. The van der Waals surface area contributed by atoms with Crippen molar-refractivity contribution in [1.29, 1.82) is 0 Å². The van der Waals surface area contributed by atoms with Gasteiger partial charge in [0, 0.05) is 18.8 Å². The van der Waals surface area contributed by atoms with Crippen LogP contribution in [0, 0.1) is 5.92 Å². The van der Waals surface area contributed by atoms with E-state index in [1.807, 2.05) is 6.20 Å². The zero-order valence-electron chi connectivity index (χ0n) is 13.0. The van der Waals surface area contributed by atoms with Crippen LogP contribution >= 0.6 is 11.8 Å². The summed E-state index contributed by atoms with van der Waals surface area (Å²) >= 11 is 2.11. The van der Waals surface area contributed by atoms with E-state index in [4.69, 9.17) is 0 Å². The monoisotopic (exact) mass is 295 g/mol. The SMILES string of the molecule is CCCNC(CC1CCSCC1)c1ccnn1CCC. The number of nitrogens with zero attached hydrogens (tertiary/aromatic N) is 2. The Morgan fingerprint density at radius 3 is 2.85 bits per heavy atom. The lowest BCUT2D eigenvalue weighted by Gasteiger charge is -2.27. The highest BCUT2D eigenvalue weighted by Crippen LogP contribution is 2.31. The Kier molecular flexibility index (Phi) is 6.94. The van der Waals surface area contributed by atoms with Crippen LogP contribution in [0.1, 0.15) is 57.7 Å². The highest BCUT2D eigenvalue weighted by Gasteiger charge is 2.22. The molecule has 114 valence electrons. The molecule has 0 aromatic carbocycles. The molecule has 1 N–H and O–H groups in total. The van der Waals surface area contributed by atoms with Gasteiger partial charge in [-0.15, -0.1) is 0 Å². The van der Waals surface area contributed by atoms with Crippen LogP contribution in [0.3, 0.4) is 0 Å². The lowest BCUT2D eigenvalue weighted by atomic mass is 9.92. The third kappa shape index (κ3) is 4.52. The third-order valence-electron chi connectivity index (χ3n) is 4.09. The van der Waals surface area contributed by atoms with Crippen LogP contribution in [0.25, 0.3) is 0 Å². The topological polar surface area (TPSA) is 29.9 Å². The van der Waals surface area contributed by atoms with E-state index in [2.05, 4.69) is 46.8 Å². The van der Waals surface area contributed by atoms with Gasteiger partial charge in [-0.05, 0) is 62.1 Å². The van der Waals surface area contributed by atoms with Crippen molar-refractivity contribution < 1.29 is 0 Å². The van der Waals surface area contributed by atoms with Crippen molar-refractivity contribution >= 4 is 11.8 Å². The molecule has 2 heterocycles. The van der Waals surface area contributed by atoms with Crippen LogP contribution in [0.2, 0.25) is 0 Å². The second-order valence-corrected chi connectivity index (χ2v) is 7.00. The fraction of sp³-hybridized carbons (Fsp3) is 0.812. The van der Waals surface area contributed by atoms with Crippen molar-refractivity contribution in [2.24, 2.45) is 5.92 Å². The summed E-state index contributed by atoms with van der Waals surface area (Å²) < 4.78 is 2.20. The quantitative estimate of drug-likeness (QED) is 0.789. The molecule has 1 fully saturated rings. The molecule has 1 aromatic rings. The van der Waals surface area contributed by atoms with E-state index in [0.717, 1.165) is 25.4 Å². The molecule has 1 atom stereocenters. The van der Waals surface area contributed by atoms with Crippen molar-refractivity contribution in [1.82, 2.24) is 15.1 Å². The first kappa shape index (κ1) is 15.9. The summed E-state index contributed by atoms with van der Waals surface area (Å²) in [5.41, 5.74) is 1.39. The Balaban J connectivity index is 2.02. The molecule has 2 rings (SSSR count). The van der Waals surface area contributed by atoms with Gasteiger partial charge in [-0.3, -0.25) is 4.68 Å². The maximum Gasteiger partial charge on any atom is 0.0553 e. The highest BCUT2D eigenvalue weighted by atomic mass is 32.2. The summed E-state index contributed by atoms with van der Waals surface area (Å²) in [5.74, 6) is 3.58. The minimum atomic E-state index is 0.483. The van der Waals surface area contributed by atoms with Crippen molar-refractivity contribution in [3.63, 3.8) is 0 Å². The molecule has 4 heteroatoms. The van der Waals surface area contributed by atoms with E-state index < -0.39 is 0 Å².